The second-order valence-corrected chi connectivity index (χ2v) is 7.03. The highest BCUT2D eigenvalue weighted by atomic mass is 16.4. The van der Waals surface area contributed by atoms with E-state index in [0.717, 1.165) is 19.3 Å². The van der Waals surface area contributed by atoms with Gasteiger partial charge >= 0.3 is 5.97 Å². The largest absolute Gasteiger partial charge is 0.481 e. The number of aliphatic carboxylic acids is 1. The van der Waals surface area contributed by atoms with Crippen molar-refractivity contribution in [2.24, 2.45) is 11.8 Å². The van der Waals surface area contributed by atoms with Crippen LogP contribution in [0.25, 0.3) is 0 Å². The Hall–Kier alpha value is -1.84. The van der Waals surface area contributed by atoms with E-state index in [1.807, 2.05) is 0 Å². The van der Waals surface area contributed by atoms with Gasteiger partial charge in [-0.15, -0.1) is 0 Å². The number of carboxylic acid groups (broad SMARTS) is 1. The number of hydrogen-bond acceptors (Lipinski definition) is 2. The molecule has 0 aromatic heterocycles. The maximum Gasteiger partial charge on any atom is 0.306 e. The number of rotatable bonds is 7. The quantitative estimate of drug-likeness (QED) is 0.811. The average Bonchev–Trinajstić information content (AvgIpc) is 2.95. The van der Waals surface area contributed by atoms with Crippen molar-refractivity contribution in [2.75, 3.05) is 0 Å². The van der Waals surface area contributed by atoms with Gasteiger partial charge in [0.05, 0.1) is 5.92 Å². The van der Waals surface area contributed by atoms with Crippen LogP contribution in [0.2, 0.25) is 0 Å². The molecule has 0 heterocycles. The van der Waals surface area contributed by atoms with Crippen LogP contribution in [0.4, 0.5) is 0 Å². The summed E-state index contributed by atoms with van der Waals surface area (Å²) in [4.78, 5) is 22.9. The lowest BCUT2D eigenvalue weighted by atomic mass is 10.0. The van der Waals surface area contributed by atoms with Crippen molar-refractivity contribution in [3.8, 4) is 0 Å². The van der Waals surface area contributed by atoms with E-state index in [0.29, 0.717) is 25.2 Å². The number of amides is 1. The van der Waals surface area contributed by atoms with E-state index in [1.165, 1.54) is 11.1 Å². The summed E-state index contributed by atoms with van der Waals surface area (Å²) < 4.78 is 0. The molecule has 1 saturated carbocycles. The van der Waals surface area contributed by atoms with Gasteiger partial charge in [-0.2, -0.15) is 0 Å². The Labute approximate surface area is 138 Å². The molecule has 1 aliphatic carbocycles. The van der Waals surface area contributed by atoms with Crippen molar-refractivity contribution in [3.63, 3.8) is 0 Å². The monoisotopic (exact) mass is 317 g/mol. The van der Waals surface area contributed by atoms with Crippen molar-refractivity contribution in [3.05, 3.63) is 35.4 Å². The molecule has 0 spiro atoms. The van der Waals surface area contributed by atoms with Crippen molar-refractivity contribution < 1.29 is 14.7 Å². The van der Waals surface area contributed by atoms with Gasteiger partial charge in [-0.1, -0.05) is 38.1 Å². The Morgan fingerprint density at radius 1 is 1.17 bits per heavy atom. The minimum atomic E-state index is -0.747. The molecule has 0 aliphatic heterocycles. The Bertz CT molecular complexity index is 536. The SMILES string of the molecule is CC(C)Cc1ccc(CCC(=O)N[C@H]2CC[C@@H](C(=O)O)C2)cc1. The second-order valence-electron chi connectivity index (χ2n) is 7.03. The van der Waals surface area contributed by atoms with Crippen molar-refractivity contribution in [1.29, 1.82) is 0 Å². The van der Waals surface area contributed by atoms with Crippen LogP contribution in [0.15, 0.2) is 24.3 Å². The van der Waals surface area contributed by atoms with Crippen LogP contribution in [-0.2, 0) is 22.4 Å². The zero-order valence-corrected chi connectivity index (χ0v) is 14.0. The van der Waals surface area contributed by atoms with E-state index in [1.54, 1.807) is 0 Å². The average molecular weight is 317 g/mol. The maximum atomic E-state index is 12.0. The summed E-state index contributed by atoms with van der Waals surface area (Å²) in [6.07, 6.45) is 4.25. The van der Waals surface area contributed by atoms with E-state index < -0.39 is 5.97 Å². The summed E-state index contributed by atoms with van der Waals surface area (Å²) in [5.74, 6) is -0.378. The smallest absolute Gasteiger partial charge is 0.306 e. The van der Waals surface area contributed by atoms with E-state index >= 15 is 0 Å². The lowest BCUT2D eigenvalue weighted by molar-refractivity contribution is -0.141. The van der Waals surface area contributed by atoms with Crippen LogP contribution in [0.3, 0.4) is 0 Å². The molecule has 2 N–H and O–H groups in total. The van der Waals surface area contributed by atoms with Gasteiger partial charge in [0.25, 0.3) is 0 Å². The zero-order chi connectivity index (χ0) is 16.8. The second kappa shape index (κ2) is 8.14. The van der Waals surface area contributed by atoms with Crippen LogP contribution in [0, 0.1) is 11.8 Å². The molecule has 2 rings (SSSR count). The van der Waals surface area contributed by atoms with Gasteiger partial charge in [-0.3, -0.25) is 9.59 Å². The van der Waals surface area contributed by atoms with Crippen LogP contribution < -0.4 is 5.32 Å². The standard InChI is InChI=1S/C19H27NO3/c1-13(2)11-15-5-3-14(4-6-15)7-10-18(21)20-17-9-8-16(12-17)19(22)23/h3-6,13,16-17H,7-12H2,1-2H3,(H,20,21)(H,22,23)/t16-,17+/m1/s1. The number of carbonyl (C=O) groups is 2. The minimum Gasteiger partial charge on any atom is -0.481 e. The topological polar surface area (TPSA) is 66.4 Å². The number of benzene rings is 1. The molecule has 126 valence electrons. The van der Waals surface area contributed by atoms with Crippen LogP contribution in [0.5, 0.6) is 0 Å². The molecule has 4 heteroatoms. The Kier molecular flexibility index (Phi) is 6.20. The predicted molar refractivity (Wildman–Crippen MR) is 90.2 cm³/mol. The third kappa shape index (κ3) is 5.70. The zero-order valence-electron chi connectivity index (χ0n) is 14.0. The van der Waals surface area contributed by atoms with E-state index in [2.05, 4.69) is 43.4 Å². The predicted octanol–water partition coefficient (Wildman–Crippen LogP) is 3.19. The number of carboxylic acids is 1. The number of aryl methyl sites for hydroxylation is 1. The fourth-order valence-electron chi connectivity index (χ4n) is 3.21. The van der Waals surface area contributed by atoms with Gasteiger partial charge < -0.3 is 10.4 Å². The van der Waals surface area contributed by atoms with Gasteiger partial charge in [-0.25, -0.2) is 0 Å². The first-order valence-corrected chi connectivity index (χ1v) is 8.54. The number of hydrogen-bond donors (Lipinski definition) is 2. The Balaban J connectivity index is 1.73. The molecule has 0 unspecified atom stereocenters. The normalized spacial score (nSPS) is 20.7. The summed E-state index contributed by atoms with van der Waals surface area (Å²) in [6.45, 7) is 4.41. The van der Waals surface area contributed by atoms with Gasteiger partial charge in [0.2, 0.25) is 5.91 Å². The third-order valence-corrected chi connectivity index (χ3v) is 4.45. The molecular formula is C19H27NO3. The van der Waals surface area contributed by atoms with E-state index in [-0.39, 0.29) is 17.9 Å². The molecule has 0 radical (unpaired) electrons. The first-order valence-electron chi connectivity index (χ1n) is 8.54. The lowest BCUT2D eigenvalue weighted by Gasteiger charge is -2.12. The van der Waals surface area contributed by atoms with Gasteiger partial charge in [0.1, 0.15) is 0 Å². The van der Waals surface area contributed by atoms with Crippen molar-refractivity contribution in [1.82, 2.24) is 5.32 Å². The fraction of sp³-hybridized carbons (Fsp3) is 0.579. The highest BCUT2D eigenvalue weighted by molar-refractivity contribution is 5.77. The molecule has 1 aromatic carbocycles. The van der Waals surface area contributed by atoms with Gasteiger partial charge in [0, 0.05) is 12.5 Å². The van der Waals surface area contributed by atoms with Crippen LogP contribution in [0.1, 0.15) is 50.7 Å². The Morgan fingerprint density at radius 3 is 2.39 bits per heavy atom. The molecule has 1 fully saturated rings. The first-order chi connectivity index (χ1) is 10.9. The molecule has 4 nitrogen and oxygen atoms in total. The molecule has 0 bridgehead atoms. The first kappa shape index (κ1) is 17.5. The van der Waals surface area contributed by atoms with Gasteiger partial charge in [-0.05, 0) is 49.1 Å². The summed E-state index contributed by atoms with van der Waals surface area (Å²) >= 11 is 0. The minimum absolute atomic E-state index is 0.0206. The lowest BCUT2D eigenvalue weighted by Crippen LogP contribution is -2.33. The number of carbonyl (C=O) groups excluding carboxylic acids is 1. The van der Waals surface area contributed by atoms with Crippen LogP contribution in [-0.4, -0.2) is 23.0 Å². The molecule has 0 saturated heterocycles. The molecule has 1 aromatic rings. The maximum absolute atomic E-state index is 12.0. The summed E-state index contributed by atoms with van der Waals surface area (Å²) in [5, 5.41) is 12.0. The highest BCUT2D eigenvalue weighted by Crippen LogP contribution is 2.25. The summed E-state index contributed by atoms with van der Waals surface area (Å²) in [7, 11) is 0. The van der Waals surface area contributed by atoms with Crippen molar-refractivity contribution in [2.45, 2.75) is 58.4 Å². The molecule has 1 aliphatic rings. The van der Waals surface area contributed by atoms with E-state index in [9.17, 15) is 9.59 Å². The van der Waals surface area contributed by atoms with Crippen molar-refractivity contribution >= 4 is 11.9 Å². The summed E-state index contributed by atoms with van der Waals surface area (Å²) in [6, 6.07) is 8.50. The molecule has 23 heavy (non-hydrogen) atoms. The molecular weight excluding hydrogens is 290 g/mol. The third-order valence-electron chi connectivity index (χ3n) is 4.45. The van der Waals surface area contributed by atoms with E-state index in [4.69, 9.17) is 5.11 Å². The van der Waals surface area contributed by atoms with Gasteiger partial charge in [0.15, 0.2) is 0 Å². The Morgan fingerprint density at radius 2 is 1.83 bits per heavy atom. The van der Waals surface area contributed by atoms with Crippen LogP contribution >= 0.6 is 0 Å². The summed E-state index contributed by atoms with van der Waals surface area (Å²) in [5.41, 5.74) is 2.50. The fourth-order valence-corrected chi connectivity index (χ4v) is 3.21. The highest BCUT2D eigenvalue weighted by Gasteiger charge is 2.30. The number of nitrogens with one attached hydrogen (secondary N) is 1. The molecule has 2 atom stereocenters. The molecule has 1 amide bonds.